The molecule has 1 rings (SSSR count). The number of benzene rings is 1. The molecule has 1 aromatic carbocycles. The monoisotopic (exact) mass is 257 g/mol. The maximum atomic E-state index is 12.3. The van der Waals surface area contributed by atoms with Gasteiger partial charge in [-0.05, 0) is 18.4 Å². The highest BCUT2D eigenvalue weighted by atomic mass is 19.3. The molecule has 0 heterocycles. The van der Waals surface area contributed by atoms with E-state index in [2.05, 4.69) is 5.32 Å². The number of aliphatic hydroxyl groups is 1. The van der Waals surface area contributed by atoms with Crippen LogP contribution in [-0.4, -0.2) is 17.3 Å². The number of hydrogen-bond donors (Lipinski definition) is 2. The van der Waals surface area contributed by atoms with Gasteiger partial charge in [-0.1, -0.05) is 38.1 Å². The Hall–Kier alpha value is -1.00. The zero-order chi connectivity index (χ0) is 13.6. The minimum absolute atomic E-state index is 0.0392. The summed E-state index contributed by atoms with van der Waals surface area (Å²) < 4.78 is 24.7. The molecule has 0 saturated heterocycles. The molecule has 18 heavy (non-hydrogen) atoms. The first kappa shape index (κ1) is 15.1. The van der Waals surface area contributed by atoms with Crippen LogP contribution in [0.4, 0.5) is 8.78 Å². The summed E-state index contributed by atoms with van der Waals surface area (Å²) in [6, 6.07) is 6.25. The lowest BCUT2D eigenvalue weighted by Gasteiger charge is -2.25. The van der Waals surface area contributed by atoms with Gasteiger partial charge in [-0.2, -0.15) is 0 Å². The lowest BCUT2D eigenvalue weighted by Crippen LogP contribution is -2.39. The molecule has 0 unspecified atom stereocenters. The van der Waals surface area contributed by atoms with Gasteiger partial charge in [0.25, 0.3) is 6.43 Å². The van der Waals surface area contributed by atoms with E-state index in [-0.39, 0.29) is 5.56 Å². The van der Waals surface area contributed by atoms with E-state index in [9.17, 15) is 13.9 Å². The third-order valence-corrected chi connectivity index (χ3v) is 3.33. The Morgan fingerprint density at radius 1 is 1.17 bits per heavy atom. The van der Waals surface area contributed by atoms with Gasteiger partial charge in [0, 0.05) is 18.7 Å². The topological polar surface area (TPSA) is 32.3 Å². The maximum absolute atomic E-state index is 12.3. The first-order chi connectivity index (χ1) is 8.50. The summed E-state index contributed by atoms with van der Waals surface area (Å²) >= 11 is 0. The van der Waals surface area contributed by atoms with Crippen LogP contribution < -0.4 is 5.32 Å². The summed E-state index contributed by atoms with van der Waals surface area (Å²) in [5.74, 6) is 0. The van der Waals surface area contributed by atoms with Crippen LogP contribution in [0.1, 0.15) is 44.2 Å². The molecule has 0 atom stereocenters. The van der Waals surface area contributed by atoms with E-state index in [0.717, 1.165) is 5.56 Å². The zero-order valence-electron chi connectivity index (χ0n) is 10.9. The first-order valence-electron chi connectivity index (χ1n) is 6.31. The molecule has 0 aliphatic heterocycles. The molecule has 0 bridgehead atoms. The minimum atomic E-state index is -2.42. The Morgan fingerprint density at radius 3 is 2.17 bits per heavy atom. The van der Waals surface area contributed by atoms with Crippen LogP contribution in [0.3, 0.4) is 0 Å². The van der Waals surface area contributed by atoms with E-state index in [0.29, 0.717) is 25.9 Å². The quantitative estimate of drug-likeness (QED) is 0.785. The van der Waals surface area contributed by atoms with Crippen LogP contribution in [0.15, 0.2) is 24.3 Å². The van der Waals surface area contributed by atoms with Gasteiger partial charge in [0.2, 0.25) is 0 Å². The summed E-state index contributed by atoms with van der Waals surface area (Å²) in [5.41, 5.74) is 0.300. The van der Waals surface area contributed by atoms with Gasteiger partial charge in [-0.15, -0.1) is 0 Å². The number of alkyl halides is 2. The molecule has 1 aromatic rings. The fraction of sp³-hybridized carbons (Fsp3) is 0.571. The lowest BCUT2D eigenvalue weighted by molar-refractivity contribution is 0.0323. The minimum Gasteiger partial charge on any atom is -0.389 e. The molecule has 0 radical (unpaired) electrons. The molecule has 2 N–H and O–H groups in total. The van der Waals surface area contributed by atoms with Crippen molar-refractivity contribution in [2.45, 2.75) is 45.3 Å². The van der Waals surface area contributed by atoms with E-state index < -0.39 is 12.0 Å². The van der Waals surface area contributed by atoms with Crippen molar-refractivity contribution in [2.75, 3.05) is 6.54 Å². The molecule has 0 fully saturated rings. The smallest absolute Gasteiger partial charge is 0.263 e. The highest BCUT2D eigenvalue weighted by molar-refractivity contribution is 5.23. The van der Waals surface area contributed by atoms with Crippen LogP contribution in [-0.2, 0) is 6.54 Å². The fourth-order valence-electron chi connectivity index (χ4n) is 1.72. The second kappa shape index (κ2) is 6.81. The standard InChI is InChI=1S/C14H21F2NO/c1-3-14(18,4-2)10-17-9-11-5-7-12(8-6-11)13(15)16/h5-8,13,17-18H,3-4,9-10H2,1-2H3. The van der Waals surface area contributed by atoms with E-state index in [4.69, 9.17) is 0 Å². The third kappa shape index (κ3) is 4.35. The van der Waals surface area contributed by atoms with Gasteiger partial charge in [0.1, 0.15) is 0 Å². The second-order valence-corrected chi connectivity index (χ2v) is 4.58. The van der Waals surface area contributed by atoms with Crippen LogP contribution >= 0.6 is 0 Å². The predicted molar refractivity (Wildman–Crippen MR) is 68.6 cm³/mol. The summed E-state index contributed by atoms with van der Waals surface area (Å²) in [7, 11) is 0. The maximum Gasteiger partial charge on any atom is 0.263 e. The Bertz CT molecular complexity index is 347. The Morgan fingerprint density at radius 2 is 1.72 bits per heavy atom. The molecule has 0 aliphatic rings. The van der Waals surface area contributed by atoms with Crippen molar-refractivity contribution in [1.29, 1.82) is 0 Å². The molecular formula is C14H21F2NO. The predicted octanol–water partition coefficient (Wildman–Crippen LogP) is 3.26. The van der Waals surface area contributed by atoms with Gasteiger partial charge >= 0.3 is 0 Å². The van der Waals surface area contributed by atoms with Gasteiger partial charge in [0.05, 0.1) is 5.60 Å². The summed E-state index contributed by atoms with van der Waals surface area (Å²) in [4.78, 5) is 0. The third-order valence-electron chi connectivity index (χ3n) is 3.33. The number of rotatable bonds is 7. The van der Waals surface area contributed by atoms with Crippen molar-refractivity contribution < 1.29 is 13.9 Å². The SMILES string of the molecule is CCC(O)(CC)CNCc1ccc(C(F)F)cc1. The molecule has 0 saturated carbocycles. The normalized spacial score (nSPS) is 12.1. The average Bonchev–Trinajstić information content (AvgIpc) is 2.39. The molecule has 102 valence electrons. The van der Waals surface area contributed by atoms with Gasteiger partial charge in [-0.3, -0.25) is 0 Å². The van der Waals surface area contributed by atoms with Gasteiger partial charge in [-0.25, -0.2) is 8.78 Å². The van der Waals surface area contributed by atoms with Crippen molar-refractivity contribution in [3.63, 3.8) is 0 Å². The van der Waals surface area contributed by atoms with Crippen molar-refractivity contribution in [2.24, 2.45) is 0 Å². The van der Waals surface area contributed by atoms with E-state index in [1.807, 2.05) is 13.8 Å². The lowest BCUT2D eigenvalue weighted by atomic mass is 9.97. The first-order valence-corrected chi connectivity index (χ1v) is 6.31. The van der Waals surface area contributed by atoms with Crippen LogP contribution in [0, 0.1) is 0 Å². The van der Waals surface area contributed by atoms with Crippen molar-refractivity contribution >= 4 is 0 Å². The molecule has 4 heteroatoms. The second-order valence-electron chi connectivity index (χ2n) is 4.58. The van der Waals surface area contributed by atoms with E-state index >= 15 is 0 Å². The van der Waals surface area contributed by atoms with Gasteiger partial charge in [0.15, 0.2) is 0 Å². The average molecular weight is 257 g/mol. The number of hydrogen-bond acceptors (Lipinski definition) is 2. The molecule has 2 nitrogen and oxygen atoms in total. The fourth-order valence-corrected chi connectivity index (χ4v) is 1.72. The molecule has 0 aromatic heterocycles. The van der Waals surface area contributed by atoms with Crippen LogP contribution in [0.2, 0.25) is 0 Å². The van der Waals surface area contributed by atoms with Crippen molar-refractivity contribution in [3.05, 3.63) is 35.4 Å². The molecule has 0 amide bonds. The highest BCUT2D eigenvalue weighted by Gasteiger charge is 2.20. The highest BCUT2D eigenvalue weighted by Crippen LogP contribution is 2.19. The van der Waals surface area contributed by atoms with Crippen LogP contribution in [0.25, 0.3) is 0 Å². The molecule has 0 aliphatic carbocycles. The van der Waals surface area contributed by atoms with Gasteiger partial charge < -0.3 is 10.4 Å². The number of halogens is 2. The number of nitrogens with one attached hydrogen (secondary N) is 1. The summed E-state index contributed by atoms with van der Waals surface area (Å²) in [6.45, 7) is 4.98. The van der Waals surface area contributed by atoms with E-state index in [1.54, 1.807) is 12.1 Å². The van der Waals surface area contributed by atoms with Crippen molar-refractivity contribution in [3.8, 4) is 0 Å². The van der Waals surface area contributed by atoms with Crippen LogP contribution in [0.5, 0.6) is 0 Å². The summed E-state index contributed by atoms with van der Waals surface area (Å²) in [5, 5.41) is 13.2. The molecular weight excluding hydrogens is 236 g/mol. The van der Waals surface area contributed by atoms with E-state index in [1.165, 1.54) is 12.1 Å². The summed E-state index contributed by atoms with van der Waals surface area (Å²) in [6.07, 6.45) is -1.03. The Kier molecular flexibility index (Phi) is 5.69. The Labute approximate surface area is 107 Å². The Balaban J connectivity index is 2.44. The van der Waals surface area contributed by atoms with Crippen molar-refractivity contribution in [1.82, 2.24) is 5.32 Å². The zero-order valence-corrected chi connectivity index (χ0v) is 10.9. The molecule has 0 spiro atoms. The largest absolute Gasteiger partial charge is 0.389 e.